The lowest BCUT2D eigenvalue weighted by atomic mass is 10.0. The molecule has 0 bridgehead atoms. The third kappa shape index (κ3) is 6.61. The van der Waals surface area contributed by atoms with Crippen molar-refractivity contribution in [1.82, 2.24) is 0 Å². The number of hydrogen-bond donors (Lipinski definition) is 0. The maximum absolute atomic E-state index is 15.0. The van der Waals surface area contributed by atoms with Crippen LogP contribution in [0.4, 0.5) is 43.9 Å². The molecule has 0 aromatic heterocycles. The van der Waals surface area contributed by atoms with E-state index in [2.05, 4.69) is 23.2 Å². The van der Waals surface area contributed by atoms with E-state index < -0.39 is 80.6 Å². The van der Waals surface area contributed by atoms with Crippen LogP contribution >= 0.6 is 0 Å². The van der Waals surface area contributed by atoms with Gasteiger partial charge in [-0.05, 0) is 48.4 Å². The molecule has 0 amide bonds. The molecule has 12 heteroatoms. The average Bonchev–Trinajstić information content (AvgIpc) is 2.90. The molecule has 0 aliphatic heterocycles. The van der Waals surface area contributed by atoms with Crippen molar-refractivity contribution >= 4 is 0 Å². The number of halogens is 10. The van der Waals surface area contributed by atoms with Crippen LogP contribution in [-0.2, 0) is 6.11 Å². The van der Waals surface area contributed by atoms with Gasteiger partial charge in [-0.25, -0.2) is 35.1 Å². The molecule has 0 fully saturated rings. The maximum atomic E-state index is 15.0. The van der Waals surface area contributed by atoms with E-state index in [0.717, 1.165) is 25.1 Å². The summed E-state index contributed by atoms with van der Waals surface area (Å²) in [4.78, 5) is 0. The highest BCUT2D eigenvalue weighted by Gasteiger charge is 2.42. The summed E-state index contributed by atoms with van der Waals surface area (Å²) in [6.45, 7) is 4.45. The van der Waals surface area contributed by atoms with Crippen molar-refractivity contribution in [2.45, 2.75) is 13.0 Å². The molecule has 0 atom stereocenters. The predicted molar refractivity (Wildman–Crippen MR) is 135 cm³/mol. The normalized spacial score (nSPS) is 11.1. The van der Waals surface area contributed by atoms with Crippen LogP contribution in [0.25, 0.3) is 11.1 Å². The van der Waals surface area contributed by atoms with Gasteiger partial charge in [0.25, 0.3) is 0 Å². The second-order valence-corrected chi connectivity index (χ2v) is 8.90. The Labute approximate surface area is 237 Å². The van der Waals surface area contributed by atoms with Crippen LogP contribution in [0.1, 0.15) is 22.3 Å². The molecule has 222 valence electrons. The first-order valence-electron chi connectivity index (χ1n) is 12.0. The first kappa shape index (κ1) is 31.0. The van der Waals surface area contributed by atoms with E-state index in [-0.39, 0.29) is 35.6 Å². The number of rotatable bonds is 7. The van der Waals surface area contributed by atoms with Gasteiger partial charge in [0.05, 0.1) is 11.1 Å². The molecular formula is C31H16F10O2. The van der Waals surface area contributed by atoms with E-state index in [0.29, 0.717) is 18.2 Å². The Bertz CT molecular complexity index is 1740. The van der Waals surface area contributed by atoms with Crippen molar-refractivity contribution in [2.75, 3.05) is 6.61 Å². The molecule has 0 saturated heterocycles. The summed E-state index contributed by atoms with van der Waals surface area (Å²) < 4.78 is 153. The fraction of sp³-hybridized carbons (Fsp3) is 0.0968. The smallest absolute Gasteiger partial charge is 0.432 e. The Morgan fingerprint density at radius 3 is 1.86 bits per heavy atom. The molecule has 4 rings (SSSR count). The molecule has 0 unspecified atom stereocenters. The van der Waals surface area contributed by atoms with Crippen molar-refractivity contribution in [1.29, 1.82) is 0 Å². The van der Waals surface area contributed by atoms with Gasteiger partial charge in [-0.3, -0.25) is 0 Å². The third-order valence-electron chi connectivity index (χ3n) is 5.83. The molecule has 2 nitrogen and oxygen atoms in total. The minimum absolute atomic E-state index is 0.0940. The van der Waals surface area contributed by atoms with Gasteiger partial charge in [0.1, 0.15) is 52.8 Å². The highest BCUT2D eigenvalue weighted by Crippen LogP contribution is 2.39. The summed E-state index contributed by atoms with van der Waals surface area (Å²) in [7, 11) is 0. The van der Waals surface area contributed by atoms with Crippen LogP contribution in [-0.4, -0.2) is 6.61 Å². The largest absolute Gasteiger partial charge is 0.489 e. The number of alkyl halides is 2. The van der Waals surface area contributed by atoms with Crippen LogP contribution in [0.2, 0.25) is 0 Å². The molecule has 0 spiro atoms. The van der Waals surface area contributed by atoms with Gasteiger partial charge in [-0.2, -0.15) is 8.78 Å². The predicted octanol–water partition coefficient (Wildman–Crippen LogP) is 8.87. The van der Waals surface area contributed by atoms with Crippen molar-refractivity contribution in [3.63, 3.8) is 0 Å². The van der Waals surface area contributed by atoms with Gasteiger partial charge in [0.15, 0.2) is 17.5 Å². The first-order valence-corrected chi connectivity index (χ1v) is 12.0. The van der Waals surface area contributed by atoms with Gasteiger partial charge in [-0.1, -0.05) is 24.5 Å². The molecule has 0 N–H and O–H groups in total. The summed E-state index contributed by atoms with van der Waals surface area (Å²) >= 11 is 0. The summed E-state index contributed by atoms with van der Waals surface area (Å²) in [5, 5.41) is 0. The second kappa shape index (κ2) is 12.1. The van der Waals surface area contributed by atoms with E-state index in [1.54, 1.807) is 0 Å². The lowest BCUT2D eigenvalue weighted by Gasteiger charge is -2.21. The van der Waals surface area contributed by atoms with Crippen LogP contribution in [0.5, 0.6) is 11.5 Å². The van der Waals surface area contributed by atoms with Crippen LogP contribution in [0, 0.1) is 65.3 Å². The second-order valence-electron chi connectivity index (χ2n) is 8.90. The Kier molecular flexibility index (Phi) is 8.75. The van der Waals surface area contributed by atoms with E-state index in [9.17, 15) is 43.9 Å². The SMILES string of the molecule is C=CCOc1cc(F)c(-c2cc(F)c(C(F)(F)Oc3cc(F)c(C#Cc4cc(F)c(F)c(F)c4)cc3C)c(F)c2)c(F)c1. The first-order chi connectivity index (χ1) is 20.2. The van der Waals surface area contributed by atoms with Crippen molar-refractivity contribution in [3.8, 4) is 34.5 Å². The summed E-state index contributed by atoms with van der Waals surface area (Å²) in [5.41, 5.74) is -4.57. The van der Waals surface area contributed by atoms with Crippen LogP contribution in [0.3, 0.4) is 0 Å². The summed E-state index contributed by atoms with van der Waals surface area (Å²) in [5.74, 6) is -9.22. The minimum atomic E-state index is -4.75. The van der Waals surface area contributed by atoms with Gasteiger partial charge < -0.3 is 9.47 Å². The molecule has 4 aromatic carbocycles. The number of aryl methyl sites for hydroxylation is 1. The van der Waals surface area contributed by atoms with E-state index in [1.165, 1.54) is 6.08 Å². The number of benzene rings is 4. The van der Waals surface area contributed by atoms with Crippen LogP contribution < -0.4 is 9.47 Å². The lowest BCUT2D eigenvalue weighted by Crippen LogP contribution is -2.25. The molecule has 0 saturated carbocycles. The molecule has 43 heavy (non-hydrogen) atoms. The molecule has 0 aliphatic rings. The van der Waals surface area contributed by atoms with E-state index in [1.807, 2.05) is 0 Å². The number of ether oxygens (including phenoxy) is 2. The Morgan fingerprint density at radius 1 is 0.721 bits per heavy atom. The minimum Gasteiger partial charge on any atom is -0.489 e. The van der Waals surface area contributed by atoms with Crippen molar-refractivity contribution in [3.05, 3.63) is 130 Å². The Hall–Kier alpha value is -4.92. The number of hydrogen-bond acceptors (Lipinski definition) is 2. The average molecular weight is 610 g/mol. The molecule has 0 radical (unpaired) electrons. The third-order valence-corrected chi connectivity index (χ3v) is 5.83. The summed E-state index contributed by atoms with van der Waals surface area (Å²) in [6, 6.07) is 4.45. The standard InChI is InChI=1S/C31H16F10O2/c1-3-6-42-19-12-21(33)28(22(34)13-19)18-10-23(35)29(24(36)11-18)31(40,41)43-27-14-20(32)17(7-15(27)2)5-4-16-8-25(37)30(39)26(38)9-16/h3,7-14H,1,6H2,2H3. The fourth-order valence-corrected chi connectivity index (χ4v) is 3.88. The van der Waals surface area contributed by atoms with Gasteiger partial charge in [-0.15, -0.1) is 0 Å². The van der Waals surface area contributed by atoms with Crippen molar-refractivity contribution in [2.24, 2.45) is 0 Å². The maximum Gasteiger partial charge on any atom is 0.432 e. The Morgan fingerprint density at radius 2 is 1.30 bits per heavy atom. The highest BCUT2D eigenvalue weighted by molar-refractivity contribution is 5.67. The molecule has 0 heterocycles. The Balaban J connectivity index is 1.63. The molecule has 4 aromatic rings. The van der Waals surface area contributed by atoms with Gasteiger partial charge >= 0.3 is 6.11 Å². The van der Waals surface area contributed by atoms with Crippen molar-refractivity contribution < 1.29 is 53.4 Å². The van der Waals surface area contributed by atoms with Gasteiger partial charge in [0, 0.05) is 23.8 Å². The fourth-order valence-electron chi connectivity index (χ4n) is 3.88. The quantitative estimate of drug-likeness (QED) is 0.0901. The molecule has 0 aliphatic carbocycles. The zero-order chi connectivity index (χ0) is 31.6. The van der Waals surface area contributed by atoms with E-state index >= 15 is 0 Å². The van der Waals surface area contributed by atoms with E-state index in [4.69, 9.17) is 4.74 Å². The molecular weight excluding hydrogens is 594 g/mol. The summed E-state index contributed by atoms with van der Waals surface area (Å²) in [6.07, 6.45) is -3.45. The topological polar surface area (TPSA) is 18.5 Å². The highest BCUT2D eigenvalue weighted by atomic mass is 19.3. The monoisotopic (exact) mass is 610 g/mol. The van der Waals surface area contributed by atoms with Gasteiger partial charge in [0.2, 0.25) is 0 Å². The lowest BCUT2D eigenvalue weighted by molar-refractivity contribution is -0.189. The zero-order valence-electron chi connectivity index (χ0n) is 21.7. The van der Waals surface area contributed by atoms with Crippen LogP contribution in [0.15, 0.2) is 61.2 Å². The zero-order valence-corrected chi connectivity index (χ0v) is 21.7.